The second-order valence-electron chi connectivity index (χ2n) is 1.97. The van der Waals surface area contributed by atoms with E-state index in [4.69, 9.17) is 10.8 Å². The molecule has 1 rings (SSSR count). The molecule has 0 aliphatic rings. The number of nitrogens with two attached hydrogens (primary N) is 1. The van der Waals surface area contributed by atoms with Crippen molar-refractivity contribution < 1.29 is 5.11 Å². The van der Waals surface area contributed by atoms with Crippen LogP contribution >= 0.6 is 22.6 Å². The van der Waals surface area contributed by atoms with Crippen molar-refractivity contribution in [3.8, 4) is 0 Å². The van der Waals surface area contributed by atoms with Crippen LogP contribution < -0.4 is 5.73 Å². The van der Waals surface area contributed by atoms with Crippen LogP contribution in [0.4, 0.5) is 5.69 Å². The minimum atomic E-state index is 0.0165. The minimum Gasteiger partial charge on any atom is -0.398 e. The summed E-state index contributed by atoms with van der Waals surface area (Å²) < 4.78 is 0.990. The maximum Gasteiger partial charge on any atom is 0.0702 e. The Morgan fingerprint density at radius 3 is 2.70 bits per heavy atom. The largest absolute Gasteiger partial charge is 0.398 e. The van der Waals surface area contributed by atoms with Gasteiger partial charge in [0.2, 0.25) is 0 Å². The molecule has 0 saturated carbocycles. The summed E-state index contributed by atoms with van der Waals surface area (Å²) in [6, 6.07) is 5.61. The molecule has 0 fully saturated rings. The lowest BCUT2D eigenvalue weighted by Gasteiger charge is -2.02. The number of hydrogen-bond acceptors (Lipinski definition) is 2. The Kier molecular flexibility index (Phi) is 2.50. The van der Waals surface area contributed by atoms with Crippen LogP contribution in [0.1, 0.15) is 5.56 Å². The number of hydrogen-bond donors (Lipinski definition) is 2. The normalized spacial score (nSPS) is 9.80. The van der Waals surface area contributed by atoms with E-state index in [1.54, 1.807) is 0 Å². The molecule has 0 bridgehead atoms. The third kappa shape index (κ3) is 1.41. The SMILES string of the molecule is Nc1c(I)cccc1CO. The van der Waals surface area contributed by atoms with E-state index in [-0.39, 0.29) is 6.61 Å². The smallest absolute Gasteiger partial charge is 0.0702 e. The standard InChI is InChI=1S/C7H8INO/c8-6-3-1-2-5(4-10)7(6)9/h1-3,10H,4,9H2. The summed E-state index contributed by atoms with van der Waals surface area (Å²) in [6.07, 6.45) is 0. The Morgan fingerprint density at radius 1 is 1.50 bits per heavy atom. The summed E-state index contributed by atoms with van der Waals surface area (Å²) in [7, 11) is 0. The van der Waals surface area contributed by atoms with Crippen LogP contribution in [-0.4, -0.2) is 5.11 Å². The van der Waals surface area contributed by atoms with Gasteiger partial charge in [0.25, 0.3) is 0 Å². The van der Waals surface area contributed by atoms with Gasteiger partial charge in [-0.2, -0.15) is 0 Å². The number of aliphatic hydroxyl groups excluding tert-OH is 1. The van der Waals surface area contributed by atoms with Gasteiger partial charge in [0.15, 0.2) is 0 Å². The van der Waals surface area contributed by atoms with Crippen molar-refractivity contribution in [1.29, 1.82) is 0 Å². The van der Waals surface area contributed by atoms with E-state index in [0.29, 0.717) is 5.69 Å². The highest BCUT2D eigenvalue weighted by atomic mass is 127. The zero-order chi connectivity index (χ0) is 7.56. The summed E-state index contributed by atoms with van der Waals surface area (Å²) in [5.74, 6) is 0. The molecule has 0 atom stereocenters. The summed E-state index contributed by atoms with van der Waals surface area (Å²) in [4.78, 5) is 0. The third-order valence-electron chi connectivity index (χ3n) is 1.31. The summed E-state index contributed by atoms with van der Waals surface area (Å²) in [5, 5.41) is 8.76. The molecule has 3 N–H and O–H groups in total. The Balaban J connectivity index is 3.14. The van der Waals surface area contributed by atoms with Crippen LogP contribution in [-0.2, 0) is 6.61 Å². The van der Waals surface area contributed by atoms with Crippen molar-refractivity contribution in [1.82, 2.24) is 0 Å². The van der Waals surface area contributed by atoms with Crippen LogP contribution in [0.2, 0.25) is 0 Å². The van der Waals surface area contributed by atoms with Crippen molar-refractivity contribution in [2.24, 2.45) is 0 Å². The Morgan fingerprint density at radius 2 is 2.20 bits per heavy atom. The molecule has 0 aliphatic heterocycles. The van der Waals surface area contributed by atoms with E-state index in [0.717, 1.165) is 9.13 Å². The van der Waals surface area contributed by atoms with Gasteiger partial charge in [-0.15, -0.1) is 0 Å². The summed E-state index contributed by atoms with van der Waals surface area (Å²) >= 11 is 2.14. The first-order valence-electron chi connectivity index (χ1n) is 2.89. The van der Waals surface area contributed by atoms with Gasteiger partial charge in [-0.05, 0) is 28.7 Å². The maximum atomic E-state index is 8.76. The van der Waals surface area contributed by atoms with Gasteiger partial charge in [-0.1, -0.05) is 12.1 Å². The molecule has 0 heterocycles. The van der Waals surface area contributed by atoms with Crippen LogP contribution in [0, 0.1) is 3.57 Å². The van der Waals surface area contributed by atoms with Gasteiger partial charge in [0.1, 0.15) is 0 Å². The summed E-state index contributed by atoms with van der Waals surface area (Å²) in [5.41, 5.74) is 7.11. The molecular formula is C7H8INO. The fourth-order valence-corrected chi connectivity index (χ4v) is 1.27. The first-order chi connectivity index (χ1) is 4.75. The molecule has 10 heavy (non-hydrogen) atoms. The Labute approximate surface area is 73.2 Å². The molecule has 1 aromatic rings. The van der Waals surface area contributed by atoms with Gasteiger partial charge in [0.05, 0.1) is 12.3 Å². The maximum absolute atomic E-state index is 8.76. The minimum absolute atomic E-state index is 0.0165. The topological polar surface area (TPSA) is 46.2 Å². The molecule has 0 aromatic heterocycles. The molecular weight excluding hydrogens is 241 g/mol. The van der Waals surface area contributed by atoms with E-state index in [1.165, 1.54) is 0 Å². The monoisotopic (exact) mass is 249 g/mol. The number of rotatable bonds is 1. The van der Waals surface area contributed by atoms with Gasteiger partial charge >= 0.3 is 0 Å². The molecule has 3 heteroatoms. The lowest BCUT2D eigenvalue weighted by molar-refractivity contribution is 0.282. The Bertz CT molecular complexity index is 237. The zero-order valence-corrected chi connectivity index (χ0v) is 7.50. The molecule has 0 aliphatic carbocycles. The van der Waals surface area contributed by atoms with Crippen molar-refractivity contribution >= 4 is 28.3 Å². The van der Waals surface area contributed by atoms with E-state index >= 15 is 0 Å². The van der Waals surface area contributed by atoms with Crippen LogP contribution in [0.25, 0.3) is 0 Å². The van der Waals surface area contributed by atoms with Gasteiger partial charge in [0, 0.05) is 9.13 Å². The van der Waals surface area contributed by atoms with Gasteiger partial charge in [-0.3, -0.25) is 0 Å². The van der Waals surface area contributed by atoms with Crippen molar-refractivity contribution in [3.63, 3.8) is 0 Å². The van der Waals surface area contributed by atoms with Crippen LogP contribution in [0.5, 0.6) is 0 Å². The van der Waals surface area contributed by atoms with Gasteiger partial charge in [-0.25, -0.2) is 0 Å². The molecule has 0 amide bonds. The van der Waals surface area contributed by atoms with Crippen LogP contribution in [0.3, 0.4) is 0 Å². The second kappa shape index (κ2) is 3.21. The molecule has 0 radical (unpaired) electrons. The predicted octanol–water partition coefficient (Wildman–Crippen LogP) is 1.37. The van der Waals surface area contributed by atoms with Crippen molar-refractivity contribution in [3.05, 3.63) is 27.3 Å². The number of anilines is 1. The predicted molar refractivity (Wildman–Crippen MR) is 49.5 cm³/mol. The highest BCUT2D eigenvalue weighted by Crippen LogP contribution is 2.18. The third-order valence-corrected chi connectivity index (χ3v) is 2.25. The average molecular weight is 249 g/mol. The molecule has 1 aromatic carbocycles. The lowest BCUT2D eigenvalue weighted by Crippen LogP contribution is -1.95. The second-order valence-corrected chi connectivity index (χ2v) is 3.13. The molecule has 2 nitrogen and oxygen atoms in total. The first kappa shape index (κ1) is 7.81. The highest BCUT2D eigenvalue weighted by Gasteiger charge is 1.98. The molecule has 0 saturated heterocycles. The van der Waals surface area contributed by atoms with E-state index < -0.39 is 0 Å². The van der Waals surface area contributed by atoms with Crippen molar-refractivity contribution in [2.75, 3.05) is 5.73 Å². The number of nitrogen functional groups attached to an aromatic ring is 1. The van der Waals surface area contributed by atoms with Crippen LogP contribution in [0.15, 0.2) is 18.2 Å². The number of halogens is 1. The molecule has 54 valence electrons. The van der Waals surface area contributed by atoms with Crippen molar-refractivity contribution in [2.45, 2.75) is 6.61 Å². The van der Waals surface area contributed by atoms with E-state index in [1.807, 2.05) is 18.2 Å². The number of para-hydroxylation sites is 1. The quantitative estimate of drug-likeness (QED) is 0.583. The first-order valence-corrected chi connectivity index (χ1v) is 3.97. The molecule has 0 spiro atoms. The fraction of sp³-hybridized carbons (Fsp3) is 0.143. The lowest BCUT2D eigenvalue weighted by atomic mass is 10.2. The number of benzene rings is 1. The fourth-order valence-electron chi connectivity index (χ4n) is 0.720. The van der Waals surface area contributed by atoms with Gasteiger partial charge < -0.3 is 10.8 Å². The Hall–Kier alpha value is -0.290. The summed E-state index contributed by atoms with van der Waals surface area (Å²) in [6.45, 7) is 0.0165. The zero-order valence-electron chi connectivity index (χ0n) is 5.34. The van der Waals surface area contributed by atoms with E-state index in [9.17, 15) is 0 Å². The highest BCUT2D eigenvalue weighted by molar-refractivity contribution is 14.1. The molecule has 0 unspecified atom stereocenters. The van der Waals surface area contributed by atoms with E-state index in [2.05, 4.69) is 22.6 Å². The average Bonchev–Trinajstić information content (AvgIpc) is 1.95. The number of aliphatic hydroxyl groups is 1.